The molecule has 0 bridgehead atoms. The smallest absolute Gasteiger partial charge is 0.206 e. The zero-order valence-electron chi connectivity index (χ0n) is 5.83. The molecule has 0 spiro atoms. The Labute approximate surface area is 60.8 Å². The van der Waals surface area contributed by atoms with Gasteiger partial charge in [-0.05, 0) is 6.07 Å². The highest BCUT2D eigenvalue weighted by molar-refractivity contribution is 5.05. The van der Waals surface area contributed by atoms with Gasteiger partial charge in [0.05, 0.1) is 0 Å². The summed E-state index contributed by atoms with van der Waals surface area (Å²) in [4.78, 5) is 0. The Hall–Kier alpha value is -0.890. The third kappa shape index (κ3) is 1.81. The molecule has 0 amide bonds. The van der Waals surface area contributed by atoms with Gasteiger partial charge < -0.3 is 5.11 Å². The number of aliphatic hydroxyl groups is 1. The summed E-state index contributed by atoms with van der Waals surface area (Å²) in [5, 5.41) is 8.58. The van der Waals surface area contributed by atoms with Crippen LogP contribution < -0.4 is 4.57 Å². The molecule has 1 N–H and O–H groups in total. The van der Waals surface area contributed by atoms with E-state index in [9.17, 15) is 0 Å². The van der Waals surface area contributed by atoms with E-state index in [1.807, 2.05) is 24.5 Å². The minimum absolute atomic E-state index is 0.198. The average molecular weight is 137 g/mol. The fourth-order valence-corrected chi connectivity index (χ4v) is 0.853. The summed E-state index contributed by atoms with van der Waals surface area (Å²) in [5.74, 6) is 0. The van der Waals surface area contributed by atoms with Gasteiger partial charge in [0.2, 0.25) is 7.05 Å². The first-order chi connectivity index (χ1) is 4.83. The van der Waals surface area contributed by atoms with Crippen LogP contribution in [0.25, 0.3) is 0 Å². The van der Waals surface area contributed by atoms with Crippen LogP contribution in [0.15, 0.2) is 24.5 Å². The van der Waals surface area contributed by atoms with E-state index in [2.05, 4.69) is 7.05 Å². The Kier molecular flexibility index (Phi) is 2.40. The van der Waals surface area contributed by atoms with Crippen molar-refractivity contribution in [3.8, 4) is 0 Å². The van der Waals surface area contributed by atoms with E-state index >= 15 is 0 Å². The Balaban J connectivity index is 2.75. The second-order valence-electron chi connectivity index (χ2n) is 2.20. The van der Waals surface area contributed by atoms with Crippen molar-refractivity contribution in [3.63, 3.8) is 0 Å². The van der Waals surface area contributed by atoms with E-state index in [0.717, 1.165) is 5.56 Å². The van der Waals surface area contributed by atoms with E-state index in [0.29, 0.717) is 6.42 Å². The Morgan fingerprint density at radius 3 is 3.00 bits per heavy atom. The van der Waals surface area contributed by atoms with Crippen LogP contribution in [0.5, 0.6) is 0 Å². The van der Waals surface area contributed by atoms with Gasteiger partial charge in [0.1, 0.15) is 0 Å². The number of hydrogen-bond donors (Lipinski definition) is 1. The molecule has 0 aliphatic heterocycles. The molecule has 1 aromatic rings. The van der Waals surface area contributed by atoms with Crippen LogP contribution in [0.1, 0.15) is 5.56 Å². The standard InChI is InChI=1S/C8H11NO/c1-9-5-2-3-8(7-9)4-6-10/h2-3,5,7,10H,1,4,6H2/q+1. The summed E-state index contributed by atoms with van der Waals surface area (Å²) in [5.41, 5.74) is 1.11. The summed E-state index contributed by atoms with van der Waals surface area (Å²) >= 11 is 0. The molecule has 0 aliphatic rings. The molecule has 1 aromatic heterocycles. The Morgan fingerprint density at radius 1 is 1.60 bits per heavy atom. The lowest BCUT2D eigenvalue weighted by Gasteiger charge is -1.92. The van der Waals surface area contributed by atoms with Crippen LogP contribution in [-0.2, 0) is 6.42 Å². The van der Waals surface area contributed by atoms with E-state index in [4.69, 9.17) is 5.11 Å². The van der Waals surface area contributed by atoms with Crippen LogP contribution in [0.2, 0.25) is 0 Å². The van der Waals surface area contributed by atoms with Crippen molar-refractivity contribution < 1.29 is 9.67 Å². The molecule has 2 heteroatoms. The fourth-order valence-electron chi connectivity index (χ4n) is 0.853. The van der Waals surface area contributed by atoms with Crippen LogP contribution in [0.4, 0.5) is 0 Å². The maximum atomic E-state index is 8.58. The predicted molar refractivity (Wildman–Crippen MR) is 38.2 cm³/mol. The number of aliphatic hydroxyl groups excluding tert-OH is 1. The zero-order chi connectivity index (χ0) is 7.40. The van der Waals surface area contributed by atoms with Crippen LogP contribution in [-0.4, -0.2) is 11.7 Å². The molecule has 0 aliphatic carbocycles. The highest BCUT2D eigenvalue weighted by Crippen LogP contribution is 1.93. The van der Waals surface area contributed by atoms with Gasteiger partial charge in [0, 0.05) is 24.7 Å². The Bertz CT molecular complexity index is 210. The summed E-state index contributed by atoms with van der Waals surface area (Å²) < 4.78 is 1.73. The second-order valence-corrected chi connectivity index (χ2v) is 2.20. The Morgan fingerprint density at radius 2 is 2.40 bits per heavy atom. The maximum Gasteiger partial charge on any atom is 0.206 e. The van der Waals surface area contributed by atoms with Crippen LogP contribution in [0.3, 0.4) is 0 Å². The van der Waals surface area contributed by atoms with Gasteiger partial charge >= 0.3 is 0 Å². The van der Waals surface area contributed by atoms with Gasteiger partial charge in [-0.2, -0.15) is 4.57 Å². The van der Waals surface area contributed by atoms with Crippen LogP contribution >= 0.6 is 0 Å². The fraction of sp³-hybridized carbons (Fsp3) is 0.250. The van der Waals surface area contributed by atoms with Crippen molar-refractivity contribution in [2.45, 2.75) is 6.42 Å². The van der Waals surface area contributed by atoms with Crippen molar-refractivity contribution in [3.05, 3.63) is 37.1 Å². The molecule has 0 unspecified atom stereocenters. The van der Waals surface area contributed by atoms with Gasteiger partial charge in [-0.15, -0.1) is 0 Å². The zero-order valence-corrected chi connectivity index (χ0v) is 5.83. The van der Waals surface area contributed by atoms with E-state index < -0.39 is 0 Å². The lowest BCUT2D eigenvalue weighted by molar-refractivity contribution is -0.612. The normalized spacial score (nSPS) is 9.80. The van der Waals surface area contributed by atoms with Crippen molar-refractivity contribution >= 4 is 0 Å². The first-order valence-electron chi connectivity index (χ1n) is 3.25. The minimum Gasteiger partial charge on any atom is -0.396 e. The van der Waals surface area contributed by atoms with Gasteiger partial charge in [0.25, 0.3) is 0 Å². The van der Waals surface area contributed by atoms with Crippen LogP contribution in [0, 0.1) is 7.05 Å². The number of rotatable bonds is 2. The number of nitrogens with zero attached hydrogens (tertiary/aromatic N) is 1. The highest BCUT2D eigenvalue weighted by Gasteiger charge is 1.95. The van der Waals surface area contributed by atoms with Crippen molar-refractivity contribution in [1.29, 1.82) is 0 Å². The maximum absolute atomic E-state index is 8.58. The molecule has 53 valence electrons. The lowest BCUT2D eigenvalue weighted by Crippen LogP contribution is -2.24. The molecule has 2 nitrogen and oxygen atoms in total. The van der Waals surface area contributed by atoms with Gasteiger partial charge in [0.15, 0.2) is 12.4 Å². The van der Waals surface area contributed by atoms with Gasteiger partial charge in [-0.25, -0.2) is 0 Å². The molecule has 1 rings (SSSR count). The SMILES string of the molecule is [CH2][n+]1cccc(CCO)c1. The average Bonchev–Trinajstić information content (AvgIpc) is 1.88. The van der Waals surface area contributed by atoms with Crippen molar-refractivity contribution in [2.24, 2.45) is 0 Å². The molecule has 0 saturated carbocycles. The third-order valence-corrected chi connectivity index (χ3v) is 1.32. The molecular weight excluding hydrogens is 126 g/mol. The third-order valence-electron chi connectivity index (χ3n) is 1.32. The lowest BCUT2D eigenvalue weighted by atomic mass is 10.2. The number of pyridine rings is 1. The van der Waals surface area contributed by atoms with E-state index in [-0.39, 0.29) is 6.61 Å². The monoisotopic (exact) mass is 137 g/mol. The number of hydrogen-bond acceptors (Lipinski definition) is 1. The summed E-state index contributed by atoms with van der Waals surface area (Å²) in [6.45, 7) is 0.198. The highest BCUT2D eigenvalue weighted by atomic mass is 16.2. The molecule has 0 aromatic carbocycles. The number of aromatic nitrogens is 1. The van der Waals surface area contributed by atoms with E-state index in [1.54, 1.807) is 4.57 Å². The first kappa shape index (κ1) is 7.22. The predicted octanol–water partition coefficient (Wildman–Crippen LogP) is 0.149. The molecular formula is C8H11NO+. The molecule has 1 radical (unpaired) electrons. The molecule has 0 saturated heterocycles. The topological polar surface area (TPSA) is 24.1 Å². The summed E-state index contributed by atoms with van der Waals surface area (Å²) in [6.07, 6.45) is 4.47. The van der Waals surface area contributed by atoms with Crippen molar-refractivity contribution in [2.75, 3.05) is 6.61 Å². The molecule has 0 atom stereocenters. The second kappa shape index (κ2) is 3.32. The van der Waals surface area contributed by atoms with Gasteiger partial charge in [-0.1, -0.05) is 0 Å². The largest absolute Gasteiger partial charge is 0.396 e. The summed E-state index contributed by atoms with van der Waals surface area (Å²) in [7, 11) is 3.70. The van der Waals surface area contributed by atoms with E-state index in [1.165, 1.54) is 0 Å². The molecule has 0 fully saturated rings. The summed E-state index contributed by atoms with van der Waals surface area (Å²) in [6, 6.07) is 3.88. The first-order valence-corrected chi connectivity index (χ1v) is 3.25. The quantitative estimate of drug-likeness (QED) is 0.576. The van der Waals surface area contributed by atoms with Crippen molar-refractivity contribution in [1.82, 2.24) is 0 Å². The minimum atomic E-state index is 0.198. The van der Waals surface area contributed by atoms with Gasteiger partial charge in [-0.3, -0.25) is 0 Å². The molecule has 10 heavy (non-hydrogen) atoms. The molecule has 1 heterocycles.